The van der Waals surface area contributed by atoms with Gasteiger partial charge in [-0.3, -0.25) is 0 Å². The van der Waals surface area contributed by atoms with E-state index in [4.69, 9.17) is 4.74 Å². The van der Waals surface area contributed by atoms with Crippen molar-refractivity contribution in [2.24, 2.45) is 0 Å². The van der Waals surface area contributed by atoms with Gasteiger partial charge in [0.2, 0.25) is 11.8 Å². The maximum absolute atomic E-state index is 5.83. The average molecular weight is 355 g/mol. The van der Waals surface area contributed by atoms with E-state index < -0.39 is 0 Å². The Hall–Kier alpha value is -1.37. The summed E-state index contributed by atoms with van der Waals surface area (Å²) in [6, 6.07) is 7.85. The summed E-state index contributed by atoms with van der Waals surface area (Å²) in [5, 5.41) is 3.07. The minimum absolute atomic E-state index is 0.587. The van der Waals surface area contributed by atoms with Crippen molar-refractivity contribution in [2.75, 3.05) is 11.9 Å². The van der Waals surface area contributed by atoms with Crippen molar-refractivity contribution in [2.45, 2.75) is 13.8 Å². The van der Waals surface area contributed by atoms with Crippen LogP contribution in [0.3, 0.4) is 0 Å². The molecule has 0 aliphatic heterocycles. The first-order valence-corrected chi connectivity index (χ1v) is 6.78. The molecule has 5 heteroatoms. The Kier molecular flexibility index (Phi) is 4.35. The quantitative estimate of drug-likeness (QED) is 0.852. The third-order valence-corrected chi connectivity index (χ3v) is 3.19. The molecule has 0 atom stereocenters. The standard InChI is InChI=1S/C13H14IN3O/c1-3-15-13-16-8-9(2)12(17-13)18-11-7-5-4-6-10(11)14/h4-8H,3H2,1-2H3,(H,15,16,17). The van der Waals surface area contributed by atoms with Crippen molar-refractivity contribution < 1.29 is 4.74 Å². The molecule has 0 fully saturated rings. The first-order chi connectivity index (χ1) is 8.70. The van der Waals surface area contributed by atoms with Crippen LogP contribution in [0, 0.1) is 10.5 Å². The van der Waals surface area contributed by atoms with Crippen LogP contribution in [-0.4, -0.2) is 16.5 Å². The predicted octanol–water partition coefficient (Wildman–Crippen LogP) is 3.61. The molecule has 1 aromatic heterocycles. The van der Waals surface area contributed by atoms with E-state index in [0.717, 1.165) is 21.4 Å². The van der Waals surface area contributed by atoms with E-state index in [9.17, 15) is 0 Å². The second-order valence-electron chi connectivity index (χ2n) is 3.74. The molecule has 1 heterocycles. The highest BCUT2D eigenvalue weighted by Gasteiger charge is 2.07. The van der Waals surface area contributed by atoms with Crippen LogP contribution in [0.4, 0.5) is 5.95 Å². The van der Waals surface area contributed by atoms with Crippen LogP contribution < -0.4 is 10.1 Å². The summed E-state index contributed by atoms with van der Waals surface area (Å²) >= 11 is 2.24. The van der Waals surface area contributed by atoms with Crippen LogP contribution in [0.25, 0.3) is 0 Å². The van der Waals surface area contributed by atoms with E-state index in [0.29, 0.717) is 11.8 Å². The molecule has 1 N–H and O–H groups in total. The van der Waals surface area contributed by atoms with E-state index in [1.54, 1.807) is 6.20 Å². The van der Waals surface area contributed by atoms with Crippen molar-refractivity contribution in [1.29, 1.82) is 0 Å². The van der Waals surface area contributed by atoms with E-state index in [-0.39, 0.29) is 0 Å². The fraction of sp³-hybridized carbons (Fsp3) is 0.231. The maximum Gasteiger partial charge on any atom is 0.227 e. The van der Waals surface area contributed by atoms with Gasteiger partial charge in [0, 0.05) is 18.3 Å². The monoisotopic (exact) mass is 355 g/mol. The molecule has 0 bridgehead atoms. The number of halogens is 1. The van der Waals surface area contributed by atoms with E-state index in [1.165, 1.54) is 0 Å². The van der Waals surface area contributed by atoms with Gasteiger partial charge in [0.05, 0.1) is 3.57 Å². The zero-order chi connectivity index (χ0) is 13.0. The minimum Gasteiger partial charge on any atom is -0.437 e. The van der Waals surface area contributed by atoms with Gasteiger partial charge in [-0.25, -0.2) is 4.98 Å². The van der Waals surface area contributed by atoms with Crippen molar-refractivity contribution in [1.82, 2.24) is 9.97 Å². The topological polar surface area (TPSA) is 47.0 Å². The van der Waals surface area contributed by atoms with Crippen molar-refractivity contribution in [3.8, 4) is 11.6 Å². The first kappa shape index (κ1) is 13.1. The summed E-state index contributed by atoms with van der Waals surface area (Å²) in [7, 11) is 0. The molecule has 0 saturated carbocycles. The van der Waals surface area contributed by atoms with Crippen molar-refractivity contribution in [3.05, 3.63) is 39.6 Å². The zero-order valence-corrected chi connectivity index (χ0v) is 12.4. The van der Waals surface area contributed by atoms with E-state index in [2.05, 4.69) is 37.9 Å². The maximum atomic E-state index is 5.83. The molecule has 4 nitrogen and oxygen atoms in total. The normalized spacial score (nSPS) is 10.2. The second-order valence-corrected chi connectivity index (χ2v) is 4.91. The van der Waals surface area contributed by atoms with Crippen molar-refractivity contribution >= 4 is 28.5 Å². The molecule has 2 aromatic rings. The predicted molar refractivity (Wildman–Crippen MR) is 80.2 cm³/mol. The van der Waals surface area contributed by atoms with Crippen LogP contribution in [0.2, 0.25) is 0 Å². The Morgan fingerprint density at radius 2 is 2.11 bits per heavy atom. The molecule has 0 radical (unpaired) electrons. The summed E-state index contributed by atoms with van der Waals surface area (Å²) in [6.45, 7) is 4.72. The lowest BCUT2D eigenvalue weighted by atomic mass is 10.3. The fourth-order valence-corrected chi connectivity index (χ4v) is 1.90. The Labute approximate surface area is 120 Å². The van der Waals surface area contributed by atoms with Gasteiger partial charge in [-0.05, 0) is 48.6 Å². The molecule has 2 rings (SSSR count). The highest BCUT2D eigenvalue weighted by molar-refractivity contribution is 14.1. The van der Waals surface area contributed by atoms with Crippen molar-refractivity contribution in [3.63, 3.8) is 0 Å². The lowest BCUT2D eigenvalue weighted by molar-refractivity contribution is 0.455. The third-order valence-electron chi connectivity index (χ3n) is 2.30. The Morgan fingerprint density at radius 3 is 2.83 bits per heavy atom. The molecule has 0 aliphatic rings. The second kappa shape index (κ2) is 5.99. The van der Waals surface area contributed by atoms with Gasteiger partial charge < -0.3 is 10.1 Å². The molecule has 94 valence electrons. The summed E-state index contributed by atoms with van der Waals surface area (Å²) < 4.78 is 6.88. The lowest BCUT2D eigenvalue weighted by Gasteiger charge is -2.10. The molecule has 1 aromatic carbocycles. The number of para-hydroxylation sites is 1. The number of aryl methyl sites for hydroxylation is 1. The van der Waals surface area contributed by atoms with Gasteiger partial charge in [-0.2, -0.15) is 4.98 Å². The third kappa shape index (κ3) is 3.10. The van der Waals surface area contributed by atoms with Crippen LogP contribution in [0.15, 0.2) is 30.5 Å². The SMILES string of the molecule is CCNc1ncc(C)c(Oc2ccccc2I)n1. The number of rotatable bonds is 4. The highest BCUT2D eigenvalue weighted by atomic mass is 127. The van der Waals surface area contributed by atoms with Crippen LogP contribution in [-0.2, 0) is 0 Å². The number of nitrogens with one attached hydrogen (secondary N) is 1. The van der Waals surface area contributed by atoms with Crippen LogP contribution >= 0.6 is 22.6 Å². The summed E-state index contributed by atoms with van der Waals surface area (Å²) in [5.41, 5.74) is 0.913. The van der Waals surface area contributed by atoms with E-state index in [1.807, 2.05) is 38.1 Å². The lowest BCUT2D eigenvalue weighted by Crippen LogP contribution is -2.04. The van der Waals surface area contributed by atoms with Crippen LogP contribution in [0.5, 0.6) is 11.6 Å². The Balaban J connectivity index is 2.28. The molecular formula is C13H14IN3O. The Morgan fingerprint density at radius 1 is 1.33 bits per heavy atom. The molecule has 0 saturated heterocycles. The number of benzene rings is 1. The van der Waals surface area contributed by atoms with Crippen LogP contribution in [0.1, 0.15) is 12.5 Å². The van der Waals surface area contributed by atoms with Gasteiger partial charge in [0.15, 0.2) is 0 Å². The highest BCUT2D eigenvalue weighted by Crippen LogP contribution is 2.27. The number of aromatic nitrogens is 2. The molecule has 0 unspecified atom stereocenters. The zero-order valence-electron chi connectivity index (χ0n) is 10.3. The number of nitrogens with zero attached hydrogens (tertiary/aromatic N) is 2. The summed E-state index contributed by atoms with van der Waals surface area (Å²) in [5.74, 6) is 1.98. The Bertz CT molecular complexity index is 546. The van der Waals surface area contributed by atoms with E-state index >= 15 is 0 Å². The average Bonchev–Trinajstić information content (AvgIpc) is 2.36. The molecule has 18 heavy (non-hydrogen) atoms. The smallest absolute Gasteiger partial charge is 0.227 e. The fourth-order valence-electron chi connectivity index (χ4n) is 1.40. The number of hydrogen-bond acceptors (Lipinski definition) is 4. The van der Waals surface area contributed by atoms with Gasteiger partial charge >= 0.3 is 0 Å². The van der Waals surface area contributed by atoms with Gasteiger partial charge in [-0.15, -0.1) is 0 Å². The van der Waals surface area contributed by atoms with Gasteiger partial charge in [0.1, 0.15) is 5.75 Å². The van der Waals surface area contributed by atoms with Gasteiger partial charge in [-0.1, -0.05) is 12.1 Å². The number of hydrogen-bond donors (Lipinski definition) is 1. The molecular weight excluding hydrogens is 341 g/mol. The molecule has 0 amide bonds. The largest absolute Gasteiger partial charge is 0.437 e. The first-order valence-electron chi connectivity index (χ1n) is 5.70. The summed E-state index contributed by atoms with van der Waals surface area (Å²) in [4.78, 5) is 8.54. The number of ether oxygens (including phenoxy) is 1. The van der Waals surface area contributed by atoms with Gasteiger partial charge in [0.25, 0.3) is 0 Å². The molecule has 0 aliphatic carbocycles. The molecule has 0 spiro atoms. The minimum atomic E-state index is 0.587. The number of anilines is 1. The summed E-state index contributed by atoms with van der Waals surface area (Å²) in [6.07, 6.45) is 1.76.